The molecule has 1 aliphatic heterocycles. The molecule has 1 aliphatic carbocycles. The molecule has 23 heavy (non-hydrogen) atoms. The fraction of sp³-hybridized carbons (Fsp3) is 0.579. The Morgan fingerprint density at radius 3 is 2.57 bits per heavy atom. The normalized spacial score (nSPS) is 26.4. The van der Waals surface area contributed by atoms with E-state index in [1.54, 1.807) is 4.90 Å². The van der Waals surface area contributed by atoms with Gasteiger partial charge in [-0.3, -0.25) is 9.59 Å². The maximum Gasteiger partial charge on any atom is 0.311 e. The number of hydrogen-bond donors (Lipinski definition) is 0. The van der Waals surface area contributed by atoms with Gasteiger partial charge in [0.05, 0.1) is 11.3 Å². The Bertz CT molecular complexity index is 594. The largest absolute Gasteiger partial charge is 0.461 e. The van der Waals surface area contributed by atoms with Crippen LogP contribution in [0.15, 0.2) is 30.3 Å². The second-order valence-corrected chi connectivity index (χ2v) is 6.96. The number of ether oxygens (including phenoxy) is 1. The molecule has 0 radical (unpaired) electrons. The first-order valence-electron chi connectivity index (χ1n) is 8.49. The lowest BCUT2D eigenvalue weighted by atomic mass is 9.80. The Labute approximate surface area is 137 Å². The van der Waals surface area contributed by atoms with Crippen LogP contribution in [0.25, 0.3) is 0 Å². The smallest absolute Gasteiger partial charge is 0.311 e. The molecule has 3 unspecified atom stereocenters. The molecule has 4 nitrogen and oxygen atoms in total. The first-order valence-corrected chi connectivity index (χ1v) is 8.49. The van der Waals surface area contributed by atoms with E-state index in [0.717, 1.165) is 24.8 Å². The average Bonchev–Trinajstić information content (AvgIpc) is 3.34. The number of carbonyl (C=O) groups excluding carboxylic acids is 2. The molecule has 1 aromatic rings. The van der Waals surface area contributed by atoms with Gasteiger partial charge in [0.1, 0.15) is 6.61 Å². The van der Waals surface area contributed by atoms with Crippen molar-refractivity contribution in [3.8, 4) is 0 Å². The summed E-state index contributed by atoms with van der Waals surface area (Å²) in [4.78, 5) is 26.8. The second-order valence-electron chi connectivity index (χ2n) is 6.96. The van der Waals surface area contributed by atoms with Crippen LogP contribution in [0.4, 0.5) is 0 Å². The highest BCUT2D eigenvalue weighted by Gasteiger charge is 2.65. The standard InChI is InChI=1S/C19H25NO3/c1-4-15-16(20(3)18(22)19(15)10-11-19)13(2)17(21)23-12-14-8-6-5-7-9-14/h5-9,13,15-16H,4,10-12H2,1-3H3. The Morgan fingerprint density at radius 1 is 1.35 bits per heavy atom. The molecule has 4 heteroatoms. The van der Waals surface area contributed by atoms with Gasteiger partial charge < -0.3 is 9.64 Å². The van der Waals surface area contributed by atoms with E-state index in [2.05, 4.69) is 6.92 Å². The minimum absolute atomic E-state index is 0.0433. The zero-order valence-electron chi connectivity index (χ0n) is 14.1. The summed E-state index contributed by atoms with van der Waals surface area (Å²) in [5.41, 5.74) is 0.803. The van der Waals surface area contributed by atoms with Crippen LogP contribution < -0.4 is 0 Å². The number of esters is 1. The first kappa shape index (κ1) is 16.0. The monoisotopic (exact) mass is 315 g/mol. The summed E-state index contributed by atoms with van der Waals surface area (Å²) in [6.45, 7) is 4.30. The van der Waals surface area contributed by atoms with Crippen molar-refractivity contribution in [2.24, 2.45) is 17.3 Å². The molecule has 2 aliphatic rings. The fourth-order valence-electron chi connectivity index (χ4n) is 4.28. The minimum atomic E-state index is -0.294. The van der Waals surface area contributed by atoms with Gasteiger partial charge in [0, 0.05) is 13.1 Å². The third-order valence-corrected chi connectivity index (χ3v) is 5.65. The van der Waals surface area contributed by atoms with Gasteiger partial charge in [-0.15, -0.1) is 0 Å². The molecule has 124 valence electrons. The molecule has 1 saturated heterocycles. The zero-order valence-corrected chi connectivity index (χ0v) is 14.1. The molecule has 1 amide bonds. The lowest BCUT2D eigenvalue weighted by Gasteiger charge is -2.29. The first-order chi connectivity index (χ1) is 11.0. The molecule has 0 bridgehead atoms. The Morgan fingerprint density at radius 2 is 2.00 bits per heavy atom. The van der Waals surface area contributed by atoms with Crippen molar-refractivity contribution in [3.05, 3.63) is 35.9 Å². The molecule has 1 spiro atoms. The molecule has 2 fully saturated rings. The molecule has 1 saturated carbocycles. The van der Waals surface area contributed by atoms with Gasteiger partial charge in [-0.1, -0.05) is 43.7 Å². The highest BCUT2D eigenvalue weighted by Crippen LogP contribution is 2.61. The summed E-state index contributed by atoms with van der Waals surface area (Å²) in [6.07, 6.45) is 2.87. The van der Waals surface area contributed by atoms with E-state index in [0.29, 0.717) is 0 Å². The third kappa shape index (κ3) is 2.64. The van der Waals surface area contributed by atoms with E-state index in [4.69, 9.17) is 4.74 Å². The summed E-state index contributed by atoms with van der Waals surface area (Å²) in [6, 6.07) is 9.64. The van der Waals surface area contributed by atoms with E-state index in [9.17, 15) is 9.59 Å². The fourth-order valence-corrected chi connectivity index (χ4v) is 4.28. The zero-order chi connectivity index (χ0) is 16.6. The molecular weight excluding hydrogens is 290 g/mol. The summed E-state index contributed by atoms with van der Waals surface area (Å²) < 4.78 is 5.49. The van der Waals surface area contributed by atoms with Crippen LogP contribution in [0.5, 0.6) is 0 Å². The van der Waals surface area contributed by atoms with Crippen molar-refractivity contribution in [2.75, 3.05) is 7.05 Å². The number of benzene rings is 1. The van der Waals surface area contributed by atoms with Gasteiger partial charge in [0.2, 0.25) is 5.91 Å². The van der Waals surface area contributed by atoms with E-state index in [-0.39, 0.29) is 41.8 Å². The van der Waals surface area contributed by atoms with Crippen molar-refractivity contribution in [1.29, 1.82) is 0 Å². The number of hydrogen-bond acceptors (Lipinski definition) is 3. The second kappa shape index (κ2) is 5.99. The molecule has 0 aromatic heterocycles. The maximum atomic E-state index is 12.5. The van der Waals surface area contributed by atoms with Crippen LogP contribution in [-0.2, 0) is 20.9 Å². The quantitative estimate of drug-likeness (QED) is 0.785. The van der Waals surface area contributed by atoms with Crippen molar-refractivity contribution in [1.82, 2.24) is 4.90 Å². The van der Waals surface area contributed by atoms with Crippen LogP contribution in [0.2, 0.25) is 0 Å². The van der Waals surface area contributed by atoms with Crippen LogP contribution in [0, 0.1) is 17.3 Å². The van der Waals surface area contributed by atoms with E-state index >= 15 is 0 Å². The van der Waals surface area contributed by atoms with Crippen LogP contribution >= 0.6 is 0 Å². The van der Waals surface area contributed by atoms with Crippen molar-refractivity contribution in [3.63, 3.8) is 0 Å². The summed E-state index contributed by atoms with van der Waals surface area (Å²) in [5.74, 6) is -0.0245. The Hall–Kier alpha value is -1.84. The molecule has 3 rings (SSSR count). The van der Waals surface area contributed by atoms with E-state index < -0.39 is 0 Å². The Kier molecular flexibility index (Phi) is 4.17. The summed E-state index contributed by atoms with van der Waals surface area (Å²) in [7, 11) is 1.84. The number of carbonyl (C=O) groups is 2. The predicted molar refractivity (Wildman–Crippen MR) is 87.4 cm³/mol. The van der Waals surface area contributed by atoms with Crippen molar-refractivity contribution in [2.45, 2.75) is 45.8 Å². The van der Waals surface area contributed by atoms with Gasteiger partial charge in [0.15, 0.2) is 0 Å². The summed E-state index contributed by atoms with van der Waals surface area (Å²) in [5, 5.41) is 0. The van der Waals surface area contributed by atoms with Crippen molar-refractivity contribution < 1.29 is 14.3 Å². The van der Waals surface area contributed by atoms with Gasteiger partial charge in [-0.05, 0) is 31.2 Å². The number of nitrogens with zero attached hydrogens (tertiary/aromatic N) is 1. The average molecular weight is 315 g/mol. The molecule has 3 atom stereocenters. The van der Waals surface area contributed by atoms with Crippen LogP contribution in [0.3, 0.4) is 0 Å². The van der Waals surface area contributed by atoms with Crippen molar-refractivity contribution >= 4 is 11.9 Å². The molecular formula is C19H25NO3. The SMILES string of the molecule is CCC1C(C(C)C(=O)OCc2ccccc2)N(C)C(=O)C12CC2. The third-order valence-electron chi connectivity index (χ3n) is 5.65. The van der Waals surface area contributed by atoms with Gasteiger partial charge in [0.25, 0.3) is 0 Å². The highest BCUT2D eigenvalue weighted by molar-refractivity contribution is 5.89. The van der Waals surface area contributed by atoms with Gasteiger partial charge >= 0.3 is 5.97 Å². The highest BCUT2D eigenvalue weighted by atomic mass is 16.5. The minimum Gasteiger partial charge on any atom is -0.461 e. The molecule has 1 heterocycles. The van der Waals surface area contributed by atoms with E-state index in [1.165, 1.54) is 0 Å². The molecule has 1 aromatic carbocycles. The number of likely N-dealkylation sites (tertiary alicyclic amines) is 1. The lowest BCUT2D eigenvalue weighted by molar-refractivity contribution is -0.152. The molecule has 0 N–H and O–H groups in total. The van der Waals surface area contributed by atoms with Gasteiger partial charge in [-0.25, -0.2) is 0 Å². The van der Waals surface area contributed by atoms with Crippen LogP contribution in [-0.4, -0.2) is 29.9 Å². The number of amides is 1. The van der Waals surface area contributed by atoms with Crippen LogP contribution in [0.1, 0.15) is 38.7 Å². The maximum absolute atomic E-state index is 12.5. The topological polar surface area (TPSA) is 46.6 Å². The lowest BCUT2D eigenvalue weighted by Crippen LogP contribution is -2.41. The van der Waals surface area contributed by atoms with Gasteiger partial charge in [-0.2, -0.15) is 0 Å². The number of rotatable bonds is 5. The summed E-state index contributed by atoms with van der Waals surface area (Å²) >= 11 is 0. The predicted octanol–water partition coefficient (Wildman–Crippen LogP) is 3.01. The Balaban J connectivity index is 1.68. The van der Waals surface area contributed by atoms with E-state index in [1.807, 2.05) is 44.3 Å².